The number of H-pyrrole nitrogens is 1. The molecule has 0 fully saturated rings. The molecule has 4 aromatic heterocycles. The number of aromatic nitrogens is 6. The molecule has 0 unspecified atom stereocenters. The first-order chi connectivity index (χ1) is 23.9. The monoisotopic (exact) mass is 692 g/mol. The van der Waals surface area contributed by atoms with Gasteiger partial charge in [-0.3, -0.25) is 9.89 Å². The van der Waals surface area contributed by atoms with Crippen LogP contribution in [0.5, 0.6) is 0 Å². The van der Waals surface area contributed by atoms with Gasteiger partial charge in [0.15, 0.2) is 17.7 Å². The fourth-order valence-corrected chi connectivity index (χ4v) is 4.58. The second kappa shape index (κ2) is 15.2. The number of carbonyl (C=O) groups excluding carboxylic acids is 1. The van der Waals surface area contributed by atoms with E-state index in [1.54, 1.807) is 18.3 Å². The molecule has 16 heteroatoms. The minimum absolute atomic E-state index is 0.0536. The summed E-state index contributed by atoms with van der Waals surface area (Å²) >= 11 is 0. The number of hydrogen-bond acceptors (Lipinski definition) is 8. The molecule has 0 bridgehead atoms. The Labute approximate surface area is 279 Å². The lowest BCUT2D eigenvalue weighted by Crippen LogP contribution is -2.05. The van der Waals surface area contributed by atoms with Gasteiger partial charge >= 0.3 is 0 Å². The quantitative estimate of drug-likeness (QED) is 0.127. The predicted octanol–water partition coefficient (Wildman–Crippen LogP) is 6.78. The number of nitrogen functional groups attached to an aromatic ring is 2. The Morgan fingerprint density at radius 1 is 0.740 bits per heavy atom. The molecule has 0 saturated heterocycles. The fraction of sp³-hybridized carbons (Fsp3) is 0.0882. The van der Waals surface area contributed by atoms with Crippen LogP contribution in [0.1, 0.15) is 38.4 Å². The molecular weight excluding hydrogens is 666 g/mol. The van der Waals surface area contributed by atoms with Crippen LogP contribution in [0.4, 0.5) is 38.1 Å². The van der Waals surface area contributed by atoms with Crippen molar-refractivity contribution < 1.29 is 35.6 Å². The van der Waals surface area contributed by atoms with Crippen molar-refractivity contribution in [1.82, 2.24) is 29.8 Å². The number of furan rings is 1. The van der Waals surface area contributed by atoms with Gasteiger partial charge in [-0.25, -0.2) is 26.3 Å². The second-order valence-corrected chi connectivity index (χ2v) is 10.6. The van der Waals surface area contributed by atoms with E-state index in [0.29, 0.717) is 64.1 Å². The smallest absolute Gasteiger partial charge is 0.224 e. The average molecular weight is 693 g/mol. The van der Waals surface area contributed by atoms with Crippen molar-refractivity contribution in [2.24, 2.45) is 0 Å². The number of hydrogen-bond donors (Lipinski definition) is 3. The van der Waals surface area contributed by atoms with Gasteiger partial charge in [0.1, 0.15) is 46.5 Å². The van der Waals surface area contributed by atoms with Crippen LogP contribution in [0.15, 0.2) is 83.5 Å². The van der Waals surface area contributed by atoms with Gasteiger partial charge in [0.05, 0.1) is 18.0 Å². The molecule has 0 radical (unpaired) electrons. The fourth-order valence-electron chi connectivity index (χ4n) is 4.58. The SMILES string of the molecule is Cc1ccc(-c2nc(N)nc3c(Cc4ccc(F)cc4F)cnn23)o1.Nc1[nH]ncc1Cc1ccc(F)cc1F.O=Cc1ccc(F)cc1F. The summed E-state index contributed by atoms with van der Waals surface area (Å²) in [7, 11) is 0. The molecule has 5 N–H and O–H groups in total. The van der Waals surface area contributed by atoms with Crippen molar-refractivity contribution in [3.05, 3.63) is 148 Å². The van der Waals surface area contributed by atoms with Crippen LogP contribution in [0.2, 0.25) is 0 Å². The molecule has 3 aromatic carbocycles. The van der Waals surface area contributed by atoms with Crippen molar-refractivity contribution in [2.75, 3.05) is 11.5 Å². The highest BCUT2D eigenvalue weighted by atomic mass is 19.2. The van der Waals surface area contributed by atoms with Crippen molar-refractivity contribution in [3.63, 3.8) is 0 Å². The molecule has 50 heavy (non-hydrogen) atoms. The number of halogens is 6. The Balaban J connectivity index is 0.000000164. The lowest BCUT2D eigenvalue weighted by molar-refractivity contribution is 0.111. The van der Waals surface area contributed by atoms with Crippen LogP contribution >= 0.6 is 0 Å². The summed E-state index contributed by atoms with van der Waals surface area (Å²) in [6.45, 7) is 1.82. The summed E-state index contributed by atoms with van der Waals surface area (Å²) in [6.07, 6.45) is 3.93. The summed E-state index contributed by atoms with van der Waals surface area (Å²) in [4.78, 5) is 18.4. The van der Waals surface area contributed by atoms with Gasteiger partial charge in [-0.1, -0.05) is 12.1 Å². The van der Waals surface area contributed by atoms with Gasteiger partial charge in [-0.15, -0.1) is 0 Å². The summed E-state index contributed by atoms with van der Waals surface area (Å²) in [5, 5.41) is 10.5. The first kappa shape index (κ1) is 34.9. The van der Waals surface area contributed by atoms with Crippen LogP contribution in [0, 0.1) is 41.8 Å². The van der Waals surface area contributed by atoms with Crippen LogP contribution in [-0.4, -0.2) is 36.1 Å². The Morgan fingerprint density at radius 3 is 1.86 bits per heavy atom. The van der Waals surface area contributed by atoms with Gasteiger partial charge in [0.2, 0.25) is 11.8 Å². The number of benzene rings is 3. The topological polar surface area (TPSA) is 154 Å². The maximum Gasteiger partial charge on any atom is 0.224 e. The van der Waals surface area contributed by atoms with E-state index >= 15 is 0 Å². The summed E-state index contributed by atoms with van der Waals surface area (Å²) < 4.78 is 84.5. The van der Waals surface area contributed by atoms with Crippen LogP contribution in [-0.2, 0) is 12.8 Å². The molecule has 0 saturated carbocycles. The first-order valence-corrected chi connectivity index (χ1v) is 14.5. The van der Waals surface area contributed by atoms with Gasteiger partial charge in [-0.05, 0) is 54.4 Å². The zero-order valence-electron chi connectivity index (χ0n) is 26.0. The summed E-state index contributed by atoms with van der Waals surface area (Å²) in [5.41, 5.74) is 13.8. The molecule has 0 spiro atoms. The van der Waals surface area contributed by atoms with E-state index < -0.39 is 34.9 Å². The molecule has 256 valence electrons. The lowest BCUT2D eigenvalue weighted by Gasteiger charge is -2.04. The zero-order valence-corrected chi connectivity index (χ0v) is 26.0. The predicted molar refractivity (Wildman–Crippen MR) is 171 cm³/mol. The standard InChI is InChI=1S/C17H13F2N5O.C10H9F2N3.C7H4F2O/c1-9-2-5-14(25-9)16-23-17(20)22-15-11(8-21-24(15)16)6-10-3-4-12(18)7-13(10)19;11-8-2-1-6(9(12)4-8)3-7-5-14-15-10(7)13;8-6-2-1-5(4-10)7(9)3-6/h2-5,7-8H,6H2,1H3,(H2,20,22);1-2,4-5H,3H2,(H3,13,14,15);1-4H. The largest absolute Gasteiger partial charge is 0.458 e. The van der Waals surface area contributed by atoms with Crippen molar-refractivity contribution >= 4 is 23.7 Å². The van der Waals surface area contributed by atoms with Crippen molar-refractivity contribution in [3.8, 4) is 11.6 Å². The molecule has 0 atom stereocenters. The Kier molecular flexibility index (Phi) is 10.6. The second-order valence-electron chi connectivity index (χ2n) is 10.6. The molecule has 0 aliphatic carbocycles. The van der Waals surface area contributed by atoms with E-state index in [0.717, 1.165) is 30.0 Å². The molecule has 4 heterocycles. The maximum absolute atomic E-state index is 13.9. The third-order valence-corrected chi connectivity index (χ3v) is 7.05. The van der Waals surface area contributed by atoms with Gasteiger partial charge in [0.25, 0.3) is 0 Å². The highest BCUT2D eigenvalue weighted by molar-refractivity contribution is 5.74. The number of fused-ring (bicyclic) bond motifs is 1. The molecule has 0 amide bonds. The number of nitrogens with zero attached hydrogens (tertiary/aromatic N) is 5. The molecule has 0 aliphatic heterocycles. The number of aryl methyl sites for hydroxylation is 1. The van der Waals surface area contributed by atoms with Crippen LogP contribution in [0.25, 0.3) is 17.2 Å². The van der Waals surface area contributed by atoms with Crippen LogP contribution in [0.3, 0.4) is 0 Å². The minimum Gasteiger partial charge on any atom is -0.458 e. The summed E-state index contributed by atoms with van der Waals surface area (Å²) in [5.74, 6) is -1.82. The van der Waals surface area contributed by atoms with Crippen LogP contribution < -0.4 is 11.5 Å². The molecule has 7 aromatic rings. The number of aromatic amines is 1. The van der Waals surface area contributed by atoms with Gasteiger partial charge in [0, 0.05) is 42.2 Å². The molecular formula is C34H26F6N8O2. The van der Waals surface area contributed by atoms with E-state index in [4.69, 9.17) is 15.9 Å². The first-order valence-electron chi connectivity index (χ1n) is 14.5. The Morgan fingerprint density at radius 2 is 1.34 bits per heavy atom. The third-order valence-electron chi connectivity index (χ3n) is 7.05. The van der Waals surface area contributed by atoms with E-state index in [9.17, 15) is 31.1 Å². The minimum atomic E-state index is -0.824. The van der Waals surface area contributed by atoms with E-state index in [1.165, 1.54) is 35.0 Å². The number of nitrogens with two attached hydrogens (primary N) is 2. The average Bonchev–Trinajstić information content (AvgIpc) is 3.80. The van der Waals surface area contributed by atoms with Gasteiger partial charge in [-0.2, -0.15) is 24.7 Å². The Bertz CT molecular complexity index is 2280. The van der Waals surface area contributed by atoms with Gasteiger partial charge < -0.3 is 15.9 Å². The van der Waals surface area contributed by atoms with Crippen molar-refractivity contribution in [2.45, 2.75) is 19.8 Å². The summed E-state index contributed by atoms with van der Waals surface area (Å²) in [6, 6.07) is 13.3. The number of anilines is 2. The normalized spacial score (nSPS) is 10.7. The lowest BCUT2D eigenvalue weighted by atomic mass is 10.1. The molecule has 10 nitrogen and oxygen atoms in total. The molecule has 7 rings (SSSR count). The highest BCUT2D eigenvalue weighted by Gasteiger charge is 2.17. The van der Waals surface area contributed by atoms with E-state index in [-0.39, 0.29) is 17.9 Å². The maximum atomic E-state index is 13.9. The number of nitrogens with one attached hydrogen (secondary N) is 1. The Hall–Kier alpha value is -6.45. The number of aldehydes is 1. The zero-order chi connectivity index (χ0) is 35.9. The number of carbonyl (C=O) groups is 1. The highest BCUT2D eigenvalue weighted by Crippen LogP contribution is 2.24. The number of rotatable bonds is 6. The molecule has 0 aliphatic rings. The van der Waals surface area contributed by atoms with Crippen molar-refractivity contribution in [1.29, 1.82) is 0 Å². The third kappa shape index (κ3) is 8.33. The van der Waals surface area contributed by atoms with E-state index in [2.05, 4.69) is 25.3 Å². The van der Waals surface area contributed by atoms with E-state index in [1.807, 2.05) is 6.92 Å².